The van der Waals surface area contributed by atoms with Crippen LogP contribution in [0.15, 0.2) is 0 Å². The van der Waals surface area contributed by atoms with Crippen molar-refractivity contribution >= 4 is 17.2 Å². The number of hydrogen-bond acceptors (Lipinski definition) is 2. The molecule has 1 aromatic heterocycles. The van der Waals surface area contributed by atoms with Gasteiger partial charge in [0, 0.05) is 18.2 Å². The second-order valence-corrected chi connectivity index (χ2v) is 5.14. The van der Waals surface area contributed by atoms with E-state index in [9.17, 15) is 0 Å². The van der Waals surface area contributed by atoms with Crippen molar-refractivity contribution in [2.45, 2.75) is 46.1 Å². The highest BCUT2D eigenvalue weighted by Crippen LogP contribution is 2.22. The van der Waals surface area contributed by atoms with Gasteiger partial charge in [0.2, 0.25) is 0 Å². The highest BCUT2D eigenvalue weighted by Gasteiger charge is 2.19. The van der Waals surface area contributed by atoms with E-state index in [1.807, 2.05) is 0 Å². The molecule has 0 aromatic carbocycles. The third kappa shape index (κ3) is 2.12. The zero-order valence-corrected chi connectivity index (χ0v) is 10.8. The monoisotopic (exact) mass is 237 g/mol. The number of aryl methyl sites for hydroxylation is 2. The van der Waals surface area contributed by atoms with Crippen molar-refractivity contribution in [1.82, 2.24) is 9.55 Å². The Kier molecular flexibility index (Phi) is 3.28. The minimum absolute atomic E-state index is 0.244. The highest BCUT2D eigenvalue weighted by atomic mass is 32.1. The maximum Gasteiger partial charge on any atom is 0.106 e. The number of hydrogen-bond donors (Lipinski definition) is 1. The van der Waals surface area contributed by atoms with Crippen molar-refractivity contribution in [3.63, 3.8) is 0 Å². The van der Waals surface area contributed by atoms with Crippen LogP contribution >= 0.6 is 12.2 Å². The van der Waals surface area contributed by atoms with Gasteiger partial charge in [-0.1, -0.05) is 19.1 Å². The van der Waals surface area contributed by atoms with Crippen LogP contribution in [-0.2, 0) is 19.4 Å². The molecule has 0 spiro atoms. The van der Waals surface area contributed by atoms with Gasteiger partial charge in [0.05, 0.1) is 10.7 Å². The molecule has 0 aliphatic heterocycles. The molecule has 0 fully saturated rings. The SMILES string of the molecule is Cc1nc2c(n1CC(C)C(N)=S)CCCC2. The third-order valence-corrected chi connectivity index (χ3v) is 3.77. The molecule has 16 heavy (non-hydrogen) atoms. The van der Waals surface area contributed by atoms with Crippen molar-refractivity contribution in [1.29, 1.82) is 0 Å². The summed E-state index contributed by atoms with van der Waals surface area (Å²) in [4.78, 5) is 5.24. The van der Waals surface area contributed by atoms with E-state index in [0.717, 1.165) is 25.2 Å². The second kappa shape index (κ2) is 4.53. The van der Waals surface area contributed by atoms with Crippen LogP contribution in [0.3, 0.4) is 0 Å². The quantitative estimate of drug-likeness (QED) is 0.818. The Morgan fingerprint density at radius 1 is 1.50 bits per heavy atom. The zero-order chi connectivity index (χ0) is 11.7. The van der Waals surface area contributed by atoms with Gasteiger partial charge in [0.25, 0.3) is 0 Å². The van der Waals surface area contributed by atoms with E-state index in [0.29, 0.717) is 4.99 Å². The van der Waals surface area contributed by atoms with Crippen molar-refractivity contribution in [2.75, 3.05) is 0 Å². The molecule has 88 valence electrons. The van der Waals surface area contributed by atoms with Crippen LogP contribution in [0.2, 0.25) is 0 Å². The number of aromatic nitrogens is 2. The third-order valence-electron chi connectivity index (χ3n) is 3.37. The first-order valence-electron chi connectivity index (χ1n) is 5.93. The van der Waals surface area contributed by atoms with Crippen LogP contribution in [0.5, 0.6) is 0 Å². The van der Waals surface area contributed by atoms with Crippen LogP contribution in [-0.4, -0.2) is 14.5 Å². The Morgan fingerprint density at radius 2 is 2.19 bits per heavy atom. The summed E-state index contributed by atoms with van der Waals surface area (Å²) in [5.74, 6) is 1.35. The number of nitrogens with two attached hydrogens (primary N) is 1. The smallest absolute Gasteiger partial charge is 0.106 e. The predicted molar refractivity (Wildman–Crippen MR) is 69.6 cm³/mol. The minimum atomic E-state index is 0.244. The summed E-state index contributed by atoms with van der Waals surface area (Å²) < 4.78 is 2.30. The van der Waals surface area contributed by atoms with Crippen molar-refractivity contribution < 1.29 is 0 Å². The average Bonchev–Trinajstić information content (AvgIpc) is 2.55. The molecule has 0 radical (unpaired) electrons. The lowest BCUT2D eigenvalue weighted by molar-refractivity contribution is 0.545. The molecule has 2 N–H and O–H groups in total. The number of fused-ring (bicyclic) bond motifs is 1. The molecule has 1 heterocycles. The number of thiocarbonyl (C=S) groups is 1. The molecular formula is C12H19N3S. The summed E-state index contributed by atoms with van der Waals surface area (Å²) in [7, 11) is 0. The average molecular weight is 237 g/mol. The lowest BCUT2D eigenvalue weighted by Gasteiger charge is -2.17. The molecule has 1 aliphatic carbocycles. The minimum Gasteiger partial charge on any atom is -0.393 e. The van der Waals surface area contributed by atoms with Gasteiger partial charge in [-0.15, -0.1) is 0 Å². The molecule has 4 heteroatoms. The topological polar surface area (TPSA) is 43.8 Å². The number of imidazole rings is 1. The summed E-state index contributed by atoms with van der Waals surface area (Å²) in [6.45, 7) is 5.03. The van der Waals surface area contributed by atoms with Crippen molar-refractivity contribution in [2.24, 2.45) is 11.7 Å². The van der Waals surface area contributed by atoms with Crippen LogP contribution in [0.4, 0.5) is 0 Å². The maximum absolute atomic E-state index is 5.68. The van der Waals surface area contributed by atoms with Crippen LogP contribution in [0.1, 0.15) is 37.0 Å². The lowest BCUT2D eigenvalue weighted by atomic mass is 10.0. The molecule has 0 bridgehead atoms. The zero-order valence-electron chi connectivity index (χ0n) is 9.99. The fraction of sp³-hybridized carbons (Fsp3) is 0.667. The molecule has 0 saturated heterocycles. The van der Waals surface area contributed by atoms with Gasteiger partial charge in [0.1, 0.15) is 5.82 Å². The normalized spacial score (nSPS) is 16.9. The summed E-state index contributed by atoms with van der Waals surface area (Å²) in [5.41, 5.74) is 8.38. The first kappa shape index (κ1) is 11.6. The van der Waals surface area contributed by atoms with Gasteiger partial charge in [-0.25, -0.2) is 4.98 Å². The molecule has 1 aliphatic rings. The Morgan fingerprint density at radius 3 is 2.88 bits per heavy atom. The van der Waals surface area contributed by atoms with E-state index in [2.05, 4.69) is 23.4 Å². The van der Waals surface area contributed by atoms with E-state index < -0.39 is 0 Å². The first-order valence-corrected chi connectivity index (χ1v) is 6.34. The highest BCUT2D eigenvalue weighted by molar-refractivity contribution is 7.80. The second-order valence-electron chi connectivity index (χ2n) is 4.67. The van der Waals surface area contributed by atoms with E-state index in [1.54, 1.807) is 0 Å². The maximum atomic E-state index is 5.68. The molecule has 0 amide bonds. The molecule has 1 atom stereocenters. The molecule has 0 saturated carbocycles. The summed E-state index contributed by atoms with van der Waals surface area (Å²) in [5, 5.41) is 0. The first-order chi connectivity index (χ1) is 7.59. The Hall–Kier alpha value is -0.900. The molecule has 1 unspecified atom stereocenters. The van der Waals surface area contributed by atoms with E-state index >= 15 is 0 Å². The van der Waals surface area contributed by atoms with Gasteiger partial charge in [-0.3, -0.25) is 0 Å². The Bertz CT molecular complexity index is 409. The van der Waals surface area contributed by atoms with E-state index in [1.165, 1.54) is 24.2 Å². The standard InChI is InChI=1S/C12H19N3S/c1-8(12(13)16)7-15-9(2)14-10-5-3-4-6-11(10)15/h8H,3-7H2,1-2H3,(H2,13,16). The van der Waals surface area contributed by atoms with Gasteiger partial charge in [0.15, 0.2) is 0 Å². The van der Waals surface area contributed by atoms with Crippen LogP contribution < -0.4 is 5.73 Å². The largest absolute Gasteiger partial charge is 0.393 e. The van der Waals surface area contributed by atoms with Crippen molar-refractivity contribution in [3.05, 3.63) is 17.2 Å². The van der Waals surface area contributed by atoms with Gasteiger partial charge in [-0.05, 0) is 32.6 Å². The van der Waals surface area contributed by atoms with Gasteiger partial charge >= 0.3 is 0 Å². The van der Waals surface area contributed by atoms with E-state index in [-0.39, 0.29) is 5.92 Å². The molecular weight excluding hydrogens is 218 g/mol. The molecule has 2 rings (SSSR count). The van der Waals surface area contributed by atoms with Crippen LogP contribution in [0, 0.1) is 12.8 Å². The van der Waals surface area contributed by atoms with E-state index in [4.69, 9.17) is 18.0 Å². The number of rotatable bonds is 3. The summed E-state index contributed by atoms with van der Waals surface area (Å²) in [6, 6.07) is 0. The lowest BCUT2D eigenvalue weighted by Crippen LogP contribution is -2.24. The summed E-state index contributed by atoms with van der Waals surface area (Å²) >= 11 is 5.03. The Balaban J connectivity index is 2.26. The number of nitrogens with zero attached hydrogens (tertiary/aromatic N) is 2. The van der Waals surface area contributed by atoms with Gasteiger partial charge < -0.3 is 10.3 Å². The summed E-state index contributed by atoms with van der Waals surface area (Å²) in [6.07, 6.45) is 4.83. The van der Waals surface area contributed by atoms with Crippen molar-refractivity contribution in [3.8, 4) is 0 Å². The van der Waals surface area contributed by atoms with Gasteiger partial charge in [-0.2, -0.15) is 0 Å². The molecule has 3 nitrogen and oxygen atoms in total. The fourth-order valence-corrected chi connectivity index (χ4v) is 2.42. The fourth-order valence-electron chi connectivity index (χ4n) is 2.34. The predicted octanol–water partition coefficient (Wildman–Crippen LogP) is 1.99. The molecule has 1 aromatic rings. The Labute approximate surface area is 102 Å². The van der Waals surface area contributed by atoms with Crippen LogP contribution in [0.25, 0.3) is 0 Å².